The molecule has 5 rings (SSSR count). The predicted octanol–water partition coefficient (Wildman–Crippen LogP) is 2.54. The van der Waals surface area contributed by atoms with E-state index in [9.17, 15) is 14.4 Å². The molecule has 184 valence electrons. The fourth-order valence-electron chi connectivity index (χ4n) is 4.76. The Morgan fingerprint density at radius 3 is 2.86 bits per heavy atom. The van der Waals surface area contributed by atoms with Crippen LogP contribution >= 0.6 is 0 Å². The van der Waals surface area contributed by atoms with Gasteiger partial charge in [-0.1, -0.05) is 18.2 Å². The van der Waals surface area contributed by atoms with E-state index in [1.54, 1.807) is 36.4 Å². The molecule has 3 aliphatic heterocycles. The van der Waals surface area contributed by atoms with E-state index in [-0.39, 0.29) is 31.7 Å². The molecule has 2 unspecified atom stereocenters. The molecule has 35 heavy (non-hydrogen) atoms. The van der Waals surface area contributed by atoms with Gasteiger partial charge in [-0.25, -0.2) is 4.79 Å². The lowest BCUT2D eigenvalue weighted by Gasteiger charge is -2.46. The van der Waals surface area contributed by atoms with E-state index in [0.717, 1.165) is 12.0 Å². The summed E-state index contributed by atoms with van der Waals surface area (Å²) in [6, 6.07) is 12.0. The third-order valence-corrected chi connectivity index (χ3v) is 6.37. The molecule has 2 saturated heterocycles. The Morgan fingerprint density at radius 2 is 2.00 bits per heavy atom. The maximum atomic E-state index is 13.5. The van der Waals surface area contributed by atoms with Crippen LogP contribution in [-0.2, 0) is 16.1 Å². The summed E-state index contributed by atoms with van der Waals surface area (Å²) in [5, 5.41) is 6.11. The van der Waals surface area contributed by atoms with Crippen molar-refractivity contribution in [2.75, 3.05) is 31.8 Å². The molecule has 0 radical (unpaired) electrons. The van der Waals surface area contributed by atoms with Crippen LogP contribution in [0.4, 0.5) is 10.5 Å². The van der Waals surface area contributed by atoms with Gasteiger partial charge in [0.15, 0.2) is 11.5 Å². The first-order chi connectivity index (χ1) is 17.0. The highest BCUT2D eigenvalue weighted by Crippen LogP contribution is 2.34. The first-order valence-corrected chi connectivity index (χ1v) is 11.8. The molecule has 0 aliphatic carbocycles. The number of carbonyl (C=O) groups is 3. The number of hydrogen-bond donors (Lipinski definition) is 2. The van der Waals surface area contributed by atoms with Crippen LogP contribution in [0.1, 0.15) is 25.3 Å². The summed E-state index contributed by atoms with van der Waals surface area (Å²) < 4.78 is 16.4. The molecule has 0 spiro atoms. The highest BCUT2D eigenvalue weighted by Gasteiger charge is 2.47. The minimum absolute atomic E-state index is 0.0861. The minimum Gasteiger partial charge on any atom is -0.492 e. The summed E-state index contributed by atoms with van der Waals surface area (Å²) in [6.45, 7) is 3.04. The van der Waals surface area contributed by atoms with Gasteiger partial charge in [-0.3, -0.25) is 24.7 Å². The van der Waals surface area contributed by atoms with Crippen LogP contribution in [0.2, 0.25) is 0 Å². The molecular formula is C25H28N4O6. The van der Waals surface area contributed by atoms with E-state index in [1.165, 1.54) is 9.80 Å². The molecule has 2 aromatic carbocycles. The van der Waals surface area contributed by atoms with Crippen molar-refractivity contribution < 1.29 is 28.6 Å². The fraction of sp³-hybridized carbons (Fsp3) is 0.400. The maximum Gasteiger partial charge on any atom is 0.328 e. The van der Waals surface area contributed by atoms with E-state index in [0.29, 0.717) is 42.5 Å². The van der Waals surface area contributed by atoms with Crippen molar-refractivity contribution in [3.05, 3.63) is 48.0 Å². The predicted molar refractivity (Wildman–Crippen MR) is 126 cm³/mol. The lowest BCUT2D eigenvalue weighted by molar-refractivity contribution is -0.143. The molecule has 2 aromatic rings. The van der Waals surface area contributed by atoms with Crippen LogP contribution in [0.25, 0.3) is 0 Å². The molecular weight excluding hydrogens is 452 g/mol. The number of nitrogens with zero attached hydrogens (tertiary/aromatic N) is 2. The number of benzene rings is 2. The number of fused-ring (bicyclic) bond motifs is 2. The Morgan fingerprint density at radius 1 is 1.17 bits per heavy atom. The third kappa shape index (κ3) is 4.61. The van der Waals surface area contributed by atoms with Crippen molar-refractivity contribution in [3.63, 3.8) is 0 Å². The van der Waals surface area contributed by atoms with Gasteiger partial charge in [0.2, 0.25) is 18.6 Å². The molecule has 10 nitrogen and oxygen atoms in total. The van der Waals surface area contributed by atoms with Crippen LogP contribution in [-0.4, -0.2) is 60.3 Å². The summed E-state index contributed by atoms with van der Waals surface area (Å²) in [5.74, 6) is 0.755. The van der Waals surface area contributed by atoms with E-state index in [1.807, 2.05) is 13.0 Å². The first kappa shape index (κ1) is 23.0. The third-order valence-electron chi connectivity index (χ3n) is 6.37. The second-order valence-corrected chi connectivity index (χ2v) is 8.65. The van der Waals surface area contributed by atoms with Gasteiger partial charge in [0.25, 0.3) is 0 Å². The standard InChI is InChI=1S/C25H28N4O6/c1-2-33-19-8-4-3-7-18(19)27-22(30)14-28-23-17(6-5-11-26-23)24(31)29(25(28)32)13-16-9-10-20-21(12-16)35-15-34-20/h3-4,7-10,12,17,23,26H,2,5-6,11,13-15H2,1H3,(H,27,30). The normalized spacial score (nSPS) is 21.1. The van der Waals surface area contributed by atoms with Gasteiger partial charge in [0, 0.05) is 0 Å². The number of ether oxygens (including phenoxy) is 3. The zero-order chi connectivity index (χ0) is 24.4. The highest BCUT2D eigenvalue weighted by molar-refractivity contribution is 6.01. The summed E-state index contributed by atoms with van der Waals surface area (Å²) >= 11 is 0. The first-order valence-electron chi connectivity index (χ1n) is 11.8. The number of piperidine rings is 1. The van der Waals surface area contributed by atoms with Gasteiger partial charge < -0.3 is 19.5 Å². The van der Waals surface area contributed by atoms with Crippen LogP contribution < -0.4 is 24.8 Å². The number of urea groups is 1. The van der Waals surface area contributed by atoms with Gasteiger partial charge in [-0.05, 0) is 56.1 Å². The van der Waals surface area contributed by atoms with Crippen LogP contribution in [0, 0.1) is 5.92 Å². The molecule has 0 saturated carbocycles. The Balaban J connectivity index is 1.35. The molecule has 0 bridgehead atoms. The molecule has 2 fully saturated rings. The average Bonchev–Trinajstić information content (AvgIpc) is 3.34. The minimum atomic E-state index is -0.523. The lowest BCUT2D eigenvalue weighted by atomic mass is 9.91. The van der Waals surface area contributed by atoms with Gasteiger partial charge >= 0.3 is 6.03 Å². The van der Waals surface area contributed by atoms with E-state index < -0.39 is 18.1 Å². The number of anilines is 1. The van der Waals surface area contributed by atoms with Gasteiger partial charge in [0.05, 0.1) is 30.9 Å². The largest absolute Gasteiger partial charge is 0.492 e. The number of carbonyl (C=O) groups excluding carboxylic acids is 3. The summed E-state index contributed by atoms with van der Waals surface area (Å²) in [5.41, 5.74) is 1.28. The molecule has 3 heterocycles. The highest BCUT2D eigenvalue weighted by atomic mass is 16.7. The summed E-state index contributed by atoms with van der Waals surface area (Å²) in [7, 11) is 0. The van der Waals surface area contributed by atoms with Crippen molar-refractivity contribution in [2.45, 2.75) is 32.5 Å². The molecule has 2 N–H and O–H groups in total. The van der Waals surface area contributed by atoms with Gasteiger partial charge in [0.1, 0.15) is 12.3 Å². The molecule has 10 heteroatoms. The maximum absolute atomic E-state index is 13.5. The summed E-state index contributed by atoms with van der Waals surface area (Å²) in [6.07, 6.45) is 0.942. The topological polar surface area (TPSA) is 109 Å². The fourth-order valence-corrected chi connectivity index (χ4v) is 4.76. The van der Waals surface area contributed by atoms with Gasteiger partial charge in [-0.2, -0.15) is 0 Å². The number of rotatable bonds is 7. The lowest BCUT2D eigenvalue weighted by Crippen LogP contribution is -2.68. The Labute approximate surface area is 203 Å². The molecule has 0 aromatic heterocycles. The second-order valence-electron chi connectivity index (χ2n) is 8.65. The Bertz CT molecular complexity index is 1140. The van der Waals surface area contributed by atoms with Crippen molar-refractivity contribution in [2.24, 2.45) is 5.92 Å². The van der Waals surface area contributed by atoms with E-state index >= 15 is 0 Å². The Hall–Kier alpha value is -3.79. The molecule has 3 aliphatic rings. The zero-order valence-electron chi connectivity index (χ0n) is 19.5. The quantitative estimate of drug-likeness (QED) is 0.627. The SMILES string of the molecule is CCOc1ccccc1NC(=O)CN1C(=O)N(Cc2ccc3c(c2)OCO3)C(=O)C2CCCNC21. The second kappa shape index (κ2) is 9.83. The van der Waals surface area contributed by atoms with Crippen LogP contribution in [0.5, 0.6) is 17.2 Å². The van der Waals surface area contributed by atoms with Crippen LogP contribution in [0.15, 0.2) is 42.5 Å². The number of para-hydroxylation sites is 2. The van der Waals surface area contributed by atoms with Crippen molar-refractivity contribution in [1.29, 1.82) is 0 Å². The number of imide groups is 1. The summed E-state index contributed by atoms with van der Waals surface area (Å²) in [4.78, 5) is 42.5. The number of hydrogen-bond acceptors (Lipinski definition) is 7. The van der Waals surface area contributed by atoms with E-state index in [2.05, 4.69) is 10.6 Å². The Kier molecular flexibility index (Phi) is 6.45. The monoisotopic (exact) mass is 480 g/mol. The number of nitrogens with one attached hydrogen (secondary N) is 2. The average molecular weight is 481 g/mol. The van der Waals surface area contributed by atoms with E-state index in [4.69, 9.17) is 14.2 Å². The number of amides is 4. The van der Waals surface area contributed by atoms with Crippen LogP contribution in [0.3, 0.4) is 0 Å². The van der Waals surface area contributed by atoms with Crippen molar-refractivity contribution in [1.82, 2.24) is 15.1 Å². The molecule has 4 amide bonds. The van der Waals surface area contributed by atoms with Crippen molar-refractivity contribution >= 4 is 23.5 Å². The zero-order valence-corrected chi connectivity index (χ0v) is 19.5. The smallest absolute Gasteiger partial charge is 0.328 e. The van der Waals surface area contributed by atoms with Gasteiger partial charge in [-0.15, -0.1) is 0 Å². The van der Waals surface area contributed by atoms with Crippen molar-refractivity contribution in [3.8, 4) is 17.2 Å². The molecule has 2 atom stereocenters.